The highest BCUT2D eigenvalue weighted by Crippen LogP contribution is 2.42. The monoisotopic (exact) mass is 395 g/mol. The summed E-state index contributed by atoms with van der Waals surface area (Å²) in [6.45, 7) is 0.462. The summed E-state index contributed by atoms with van der Waals surface area (Å²) in [5.41, 5.74) is 3.02. The van der Waals surface area contributed by atoms with Gasteiger partial charge in [0.25, 0.3) is 0 Å². The van der Waals surface area contributed by atoms with Crippen LogP contribution in [0.5, 0.6) is 0 Å². The van der Waals surface area contributed by atoms with Gasteiger partial charge < -0.3 is 10.2 Å². The Morgan fingerprint density at radius 2 is 1.53 bits per heavy atom. The fourth-order valence-corrected chi connectivity index (χ4v) is 3.49. The number of benzene rings is 3. The van der Waals surface area contributed by atoms with Crippen LogP contribution in [0.1, 0.15) is 17.5 Å². The van der Waals surface area contributed by atoms with Crippen LogP contribution in [-0.4, -0.2) is 11.8 Å². The summed E-state index contributed by atoms with van der Waals surface area (Å²) in [6, 6.07) is 28.1. The molecule has 0 spiro atoms. The van der Waals surface area contributed by atoms with E-state index < -0.39 is 0 Å². The van der Waals surface area contributed by atoms with Gasteiger partial charge in [-0.3, -0.25) is 9.59 Å². The molecule has 5 nitrogen and oxygen atoms in total. The third-order valence-electron chi connectivity index (χ3n) is 5.24. The molecule has 0 bridgehead atoms. The second kappa shape index (κ2) is 8.62. The molecule has 5 heteroatoms. The summed E-state index contributed by atoms with van der Waals surface area (Å²) in [4.78, 5) is 27.6. The van der Waals surface area contributed by atoms with E-state index in [0.29, 0.717) is 24.2 Å². The van der Waals surface area contributed by atoms with Gasteiger partial charge in [-0.25, -0.2) is 0 Å². The molecule has 1 N–H and O–H groups in total. The number of anilines is 2. The van der Waals surface area contributed by atoms with Crippen LogP contribution >= 0.6 is 0 Å². The Bertz CT molecular complexity index is 1070. The van der Waals surface area contributed by atoms with E-state index in [0.717, 1.165) is 11.3 Å². The molecule has 4 rings (SSSR count). The topological polar surface area (TPSA) is 73.2 Å². The molecule has 2 atom stereocenters. The van der Waals surface area contributed by atoms with E-state index in [-0.39, 0.29) is 23.7 Å². The zero-order valence-electron chi connectivity index (χ0n) is 16.4. The molecule has 0 saturated heterocycles. The number of para-hydroxylation sites is 1. The van der Waals surface area contributed by atoms with Crippen LogP contribution < -0.4 is 10.2 Å². The Kier molecular flexibility index (Phi) is 5.58. The molecule has 1 saturated carbocycles. The number of nitriles is 1. The van der Waals surface area contributed by atoms with E-state index >= 15 is 0 Å². The van der Waals surface area contributed by atoms with Crippen molar-refractivity contribution in [2.24, 2.45) is 11.8 Å². The third kappa shape index (κ3) is 4.39. The molecular formula is C25H21N3O2. The fourth-order valence-electron chi connectivity index (χ4n) is 3.49. The lowest BCUT2D eigenvalue weighted by Crippen LogP contribution is -2.33. The van der Waals surface area contributed by atoms with Gasteiger partial charge in [0, 0.05) is 11.4 Å². The maximum absolute atomic E-state index is 13.3. The van der Waals surface area contributed by atoms with E-state index in [4.69, 9.17) is 5.26 Å². The summed E-state index contributed by atoms with van der Waals surface area (Å²) in [7, 11) is 0. The zero-order valence-corrected chi connectivity index (χ0v) is 16.4. The second-order valence-corrected chi connectivity index (χ2v) is 7.37. The van der Waals surface area contributed by atoms with Gasteiger partial charge in [-0.05, 0) is 48.4 Å². The highest BCUT2D eigenvalue weighted by molar-refractivity contribution is 6.04. The highest BCUT2D eigenvalue weighted by Gasteiger charge is 2.49. The molecule has 0 aliphatic heterocycles. The van der Waals surface area contributed by atoms with E-state index in [2.05, 4.69) is 5.32 Å². The second-order valence-electron chi connectivity index (χ2n) is 7.37. The normalized spacial score (nSPS) is 16.9. The minimum absolute atomic E-state index is 0.0370. The molecule has 2 unspecified atom stereocenters. The third-order valence-corrected chi connectivity index (χ3v) is 5.24. The molecule has 148 valence electrons. The first-order chi connectivity index (χ1) is 14.7. The molecule has 3 aromatic carbocycles. The summed E-state index contributed by atoms with van der Waals surface area (Å²) in [5, 5.41) is 11.7. The Balaban J connectivity index is 1.46. The van der Waals surface area contributed by atoms with Crippen molar-refractivity contribution in [1.82, 2.24) is 0 Å². The van der Waals surface area contributed by atoms with E-state index in [1.807, 2.05) is 66.7 Å². The molecule has 0 radical (unpaired) electrons. The van der Waals surface area contributed by atoms with Gasteiger partial charge in [-0.2, -0.15) is 5.26 Å². The first-order valence-corrected chi connectivity index (χ1v) is 9.87. The van der Waals surface area contributed by atoms with E-state index in [1.165, 1.54) is 0 Å². The molecule has 3 aromatic rings. The van der Waals surface area contributed by atoms with Crippen LogP contribution in [0, 0.1) is 23.2 Å². The van der Waals surface area contributed by atoms with Crippen molar-refractivity contribution < 1.29 is 9.59 Å². The number of hydrogen-bond donors (Lipinski definition) is 1. The zero-order chi connectivity index (χ0) is 20.9. The quantitative estimate of drug-likeness (QED) is 0.674. The van der Waals surface area contributed by atoms with Crippen molar-refractivity contribution in [3.63, 3.8) is 0 Å². The van der Waals surface area contributed by atoms with Crippen molar-refractivity contribution in [2.45, 2.75) is 13.0 Å². The lowest BCUT2D eigenvalue weighted by molar-refractivity contribution is -0.123. The van der Waals surface area contributed by atoms with Crippen LogP contribution in [0.25, 0.3) is 0 Å². The van der Waals surface area contributed by atoms with Gasteiger partial charge in [0.05, 0.1) is 30.0 Å². The number of hydrogen-bond acceptors (Lipinski definition) is 3. The number of nitrogens with zero attached hydrogens (tertiary/aromatic N) is 2. The summed E-state index contributed by atoms with van der Waals surface area (Å²) >= 11 is 0. The average molecular weight is 395 g/mol. The number of rotatable bonds is 6. The summed E-state index contributed by atoms with van der Waals surface area (Å²) < 4.78 is 0. The average Bonchev–Trinajstić information content (AvgIpc) is 3.60. The SMILES string of the molecule is N#Cc1ccc(NC(=O)C2CC2C(=O)N(Cc2ccccc2)c2ccccc2)cc1. The Hall–Kier alpha value is -3.91. The van der Waals surface area contributed by atoms with Gasteiger partial charge in [0.15, 0.2) is 0 Å². The molecule has 0 aromatic heterocycles. The number of amides is 2. The van der Waals surface area contributed by atoms with Gasteiger partial charge in [0.2, 0.25) is 11.8 Å². The van der Waals surface area contributed by atoms with Crippen LogP contribution in [0.15, 0.2) is 84.9 Å². The fraction of sp³-hybridized carbons (Fsp3) is 0.160. The lowest BCUT2D eigenvalue weighted by atomic mass is 10.1. The van der Waals surface area contributed by atoms with Gasteiger partial charge >= 0.3 is 0 Å². The van der Waals surface area contributed by atoms with Crippen molar-refractivity contribution in [3.8, 4) is 6.07 Å². The smallest absolute Gasteiger partial charge is 0.231 e. The maximum Gasteiger partial charge on any atom is 0.231 e. The molecule has 1 aliphatic carbocycles. The predicted octanol–water partition coefficient (Wildman–Crippen LogP) is 4.37. The number of carbonyl (C=O) groups excluding carboxylic acids is 2. The number of nitrogens with one attached hydrogen (secondary N) is 1. The molecular weight excluding hydrogens is 374 g/mol. The maximum atomic E-state index is 13.3. The van der Waals surface area contributed by atoms with Gasteiger partial charge in [-0.15, -0.1) is 0 Å². The summed E-state index contributed by atoms with van der Waals surface area (Å²) in [6.07, 6.45) is 0.541. The molecule has 1 fully saturated rings. The van der Waals surface area contributed by atoms with Gasteiger partial charge in [0.1, 0.15) is 0 Å². The Morgan fingerprint density at radius 3 is 2.17 bits per heavy atom. The Labute approximate surface area is 175 Å². The van der Waals surface area contributed by atoms with E-state index in [1.54, 1.807) is 29.2 Å². The molecule has 30 heavy (non-hydrogen) atoms. The first-order valence-electron chi connectivity index (χ1n) is 9.87. The van der Waals surface area contributed by atoms with Crippen LogP contribution in [0.3, 0.4) is 0 Å². The lowest BCUT2D eigenvalue weighted by Gasteiger charge is -2.23. The van der Waals surface area contributed by atoms with Crippen molar-refractivity contribution in [1.29, 1.82) is 5.26 Å². The predicted molar refractivity (Wildman–Crippen MR) is 115 cm³/mol. The minimum atomic E-state index is -0.338. The van der Waals surface area contributed by atoms with Crippen molar-refractivity contribution >= 4 is 23.2 Å². The molecule has 2 amide bonds. The van der Waals surface area contributed by atoms with Crippen LogP contribution in [0.4, 0.5) is 11.4 Å². The highest BCUT2D eigenvalue weighted by atomic mass is 16.2. The Morgan fingerprint density at radius 1 is 0.900 bits per heavy atom. The van der Waals surface area contributed by atoms with Crippen LogP contribution in [-0.2, 0) is 16.1 Å². The van der Waals surface area contributed by atoms with Crippen LogP contribution in [0.2, 0.25) is 0 Å². The summed E-state index contributed by atoms with van der Waals surface area (Å²) in [5.74, 6) is -0.863. The van der Waals surface area contributed by atoms with Crippen molar-refractivity contribution in [3.05, 3.63) is 96.1 Å². The van der Waals surface area contributed by atoms with Gasteiger partial charge in [-0.1, -0.05) is 48.5 Å². The largest absolute Gasteiger partial charge is 0.326 e. The molecule has 1 aliphatic rings. The van der Waals surface area contributed by atoms with E-state index in [9.17, 15) is 9.59 Å². The standard InChI is InChI=1S/C25H21N3O2/c26-16-18-11-13-20(14-12-18)27-24(29)22-15-23(22)25(30)28(21-9-5-2-6-10-21)17-19-7-3-1-4-8-19/h1-14,22-23H,15,17H2,(H,27,29). The first kappa shape index (κ1) is 19.4. The van der Waals surface area contributed by atoms with Crippen molar-refractivity contribution in [2.75, 3.05) is 10.2 Å². The number of carbonyl (C=O) groups is 2. The molecule has 0 heterocycles. The minimum Gasteiger partial charge on any atom is -0.326 e.